The number of thiophene rings is 1. The molecule has 0 bridgehead atoms. The van der Waals surface area contributed by atoms with E-state index in [9.17, 15) is 9.59 Å². The van der Waals surface area contributed by atoms with Crippen LogP contribution in [0, 0.1) is 0 Å². The molecule has 6 heteroatoms. The standard InChI is InChI=1S/C11H14N2O3S/c1-5(14)9-8(12)7(11(15)16-2)10(17-9)13-6-3-4-6/h6,13H,3-4,12H2,1-2H3. The lowest BCUT2D eigenvalue weighted by Crippen LogP contribution is -2.09. The average Bonchev–Trinajstić information content (AvgIpc) is 3.02. The number of carbonyl (C=O) groups is 2. The van der Waals surface area contributed by atoms with Gasteiger partial charge in [-0.25, -0.2) is 4.79 Å². The van der Waals surface area contributed by atoms with Crippen molar-refractivity contribution in [2.75, 3.05) is 18.2 Å². The highest BCUT2D eigenvalue weighted by Gasteiger charge is 2.29. The molecule has 0 saturated heterocycles. The van der Waals surface area contributed by atoms with Gasteiger partial charge in [-0.05, 0) is 12.8 Å². The van der Waals surface area contributed by atoms with Crippen molar-refractivity contribution in [1.29, 1.82) is 0 Å². The zero-order valence-electron chi connectivity index (χ0n) is 9.70. The van der Waals surface area contributed by atoms with E-state index in [1.807, 2.05) is 0 Å². The Balaban J connectivity index is 2.43. The van der Waals surface area contributed by atoms with Gasteiger partial charge in [0.2, 0.25) is 0 Å². The van der Waals surface area contributed by atoms with Crippen molar-refractivity contribution >= 4 is 33.8 Å². The molecule has 1 aromatic rings. The monoisotopic (exact) mass is 254 g/mol. The molecule has 0 unspecified atom stereocenters. The number of carbonyl (C=O) groups excluding carboxylic acids is 2. The number of ketones is 1. The Kier molecular flexibility index (Phi) is 3.06. The number of hydrogen-bond donors (Lipinski definition) is 2. The van der Waals surface area contributed by atoms with E-state index in [0.717, 1.165) is 12.8 Å². The normalized spacial score (nSPS) is 14.5. The molecule has 0 atom stereocenters. The molecule has 0 spiro atoms. The minimum Gasteiger partial charge on any atom is -0.465 e. The SMILES string of the molecule is COC(=O)c1c(NC2CC2)sc(C(C)=O)c1N. The Bertz CT molecular complexity index is 477. The predicted octanol–water partition coefficient (Wildman–Crippen LogP) is 1.89. The summed E-state index contributed by atoms with van der Waals surface area (Å²) in [6.07, 6.45) is 2.15. The molecule has 1 aliphatic carbocycles. The number of nitrogens with two attached hydrogens (primary N) is 1. The van der Waals surface area contributed by atoms with Crippen molar-refractivity contribution < 1.29 is 14.3 Å². The molecule has 1 aliphatic rings. The number of methoxy groups -OCH3 is 1. The lowest BCUT2D eigenvalue weighted by molar-refractivity contribution is 0.0603. The zero-order valence-corrected chi connectivity index (χ0v) is 10.5. The number of esters is 1. The Morgan fingerprint density at radius 2 is 2.12 bits per heavy atom. The van der Waals surface area contributed by atoms with Gasteiger partial charge in [0.05, 0.1) is 17.7 Å². The number of Topliss-reactive ketones (excluding diaryl/α,β-unsaturated/α-hetero) is 1. The second kappa shape index (κ2) is 4.37. The first-order chi connectivity index (χ1) is 8.04. The molecule has 0 radical (unpaired) electrons. The summed E-state index contributed by atoms with van der Waals surface area (Å²) in [4.78, 5) is 23.5. The van der Waals surface area contributed by atoms with Crippen LogP contribution in [-0.2, 0) is 4.74 Å². The summed E-state index contributed by atoms with van der Waals surface area (Å²) in [5.41, 5.74) is 6.33. The molecule has 17 heavy (non-hydrogen) atoms. The fourth-order valence-corrected chi connectivity index (χ4v) is 2.61. The van der Waals surface area contributed by atoms with E-state index in [4.69, 9.17) is 5.73 Å². The first-order valence-electron chi connectivity index (χ1n) is 5.32. The quantitative estimate of drug-likeness (QED) is 0.633. The lowest BCUT2D eigenvalue weighted by atomic mass is 10.2. The molecule has 1 fully saturated rings. The number of nitrogen functional groups attached to an aromatic ring is 1. The Morgan fingerprint density at radius 3 is 2.59 bits per heavy atom. The minimum absolute atomic E-state index is 0.137. The number of ether oxygens (including phenoxy) is 1. The van der Waals surface area contributed by atoms with Gasteiger partial charge in [0, 0.05) is 13.0 Å². The van der Waals surface area contributed by atoms with Gasteiger partial charge in [0.1, 0.15) is 10.6 Å². The molecule has 1 aromatic heterocycles. The van der Waals surface area contributed by atoms with Crippen molar-refractivity contribution in [3.63, 3.8) is 0 Å². The van der Waals surface area contributed by atoms with E-state index in [2.05, 4.69) is 10.1 Å². The van der Waals surface area contributed by atoms with Gasteiger partial charge < -0.3 is 15.8 Å². The summed E-state index contributed by atoms with van der Waals surface area (Å²) in [5, 5.41) is 3.84. The Morgan fingerprint density at radius 1 is 1.47 bits per heavy atom. The first kappa shape index (κ1) is 11.9. The van der Waals surface area contributed by atoms with Gasteiger partial charge in [0.25, 0.3) is 0 Å². The van der Waals surface area contributed by atoms with E-state index in [0.29, 0.717) is 15.9 Å². The van der Waals surface area contributed by atoms with Crippen molar-refractivity contribution in [3.8, 4) is 0 Å². The van der Waals surface area contributed by atoms with Crippen LogP contribution >= 0.6 is 11.3 Å². The van der Waals surface area contributed by atoms with Crippen LogP contribution < -0.4 is 11.1 Å². The topological polar surface area (TPSA) is 81.4 Å². The number of hydrogen-bond acceptors (Lipinski definition) is 6. The zero-order chi connectivity index (χ0) is 12.6. The van der Waals surface area contributed by atoms with Gasteiger partial charge in [-0.2, -0.15) is 0 Å². The number of rotatable bonds is 4. The molecule has 0 amide bonds. The molecule has 0 aromatic carbocycles. The molecular formula is C11H14N2O3S. The lowest BCUT2D eigenvalue weighted by Gasteiger charge is -2.04. The van der Waals surface area contributed by atoms with E-state index in [1.54, 1.807) is 0 Å². The summed E-state index contributed by atoms with van der Waals surface area (Å²) in [6.45, 7) is 1.43. The predicted molar refractivity (Wildman–Crippen MR) is 66.7 cm³/mol. The van der Waals surface area contributed by atoms with Crippen LogP contribution in [0.1, 0.15) is 39.8 Å². The second-order valence-corrected chi connectivity index (χ2v) is 5.04. The molecule has 5 nitrogen and oxygen atoms in total. The highest BCUT2D eigenvalue weighted by Crippen LogP contribution is 2.39. The van der Waals surface area contributed by atoms with Crippen molar-refractivity contribution in [2.24, 2.45) is 0 Å². The summed E-state index contributed by atoms with van der Waals surface area (Å²) in [5.74, 6) is -0.643. The number of anilines is 2. The molecule has 0 aliphatic heterocycles. The van der Waals surface area contributed by atoms with Gasteiger partial charge >= 0.3 is 5.97 Å². The van der Waals surface area contributed by atoms with E-state index in [-0.39, 0.29) is 17.0 Å². The van der Waals surface area contributed by atoms with Gasteiger partial charge in [-0.15, -0.1) is 11.3 Å². The van der Waals surface area contributed by atoms with Crippen LogP contribution in [0.25, 0.3) is 0 Å². The fraction of sp³-hybridized carbons (Fsp3) is 0.455. The molecule has 1 saturated carbocycles. The van der Waals surface area contributed by atoms with Crippen LogP contribution in [0.5, 0.6) is 0 Å². The third-order valence-electron chi connectivity index (χ3n) is 2.57. The fourth-order valence-electron chi connectivity index (χ4n) is 1.52. The van der Waals surface area contributed by atoms with Crippen LogP contribution in [0.15, 0.2) is 0 Å². The van der Waals surface area contributed by atoms with E-state index in [1.165, 1.54) is 25.4 Å². The van der Waals surface area contributed by atoms with Crippen molar-refractivity contribution in [3.05, 3.63) is 10.4 Å². The molecule has 1 heterocycles. The first-order valence-corrected chi connectivity index (χ1v) is 6.14. The Labute approximate surface area is 103 Å². The molecule has 3 N–H and O–H groups in total. The maximum absolute atomic E-state index is 11.6. The smallest absolute Gasteiger partial charge is 0.343 e. The minimum atomic E-state index is -0.505. The van der Waals surface area contributed by atoms with E-state index < -0.39 is 5.97 Å². The third kappa shape index (κ3) is 2.26. The van der Waals surface area contributed by atoms with Crippen molar-refractivity contribution in [2.45, 2.75) is 25.8 Å². The van der Waals surface area contributed by atoms with Crippen molar-refractivity contribution in [1.82, 2.24) is 0 Å². The summed E-state index contributed by atoms with van der Waals surface area (Å²) < 4.78 is 4.69. The Hall–Kier alpha value is -1.56. The molecule has 2 rings (SSSR count). The van der Waals surface area contributed by atoms with Crippen LogP contribution in [0.3, 0.4) is 0 Å². The summed E-state index contributed by atoms with van der Waals surface area (Å²) in [6, 6.07) is 0.385. The third-order valence-corrected chi connectivity index (χ3v) is 3.80. The van der Waals surface area contributed by atoms with E-state index >= 15 is 0 Å². The van der Waals surface area contributed by atoms with Crippen LogP contribution in [0.2, 0.25) is 0 Å². The average molecular weight is 254 g/mol. The summed E-state index contributed by atoms with van der Waals surface area (Å²) >= 11 is 1.22. The van der Waals surface area contributed by atoms with Gasteiger partial charge in [-0.3, -0.25) is 4.79 Å². The maximum atomic E-state index is 11.6. The molecular weight excluding hydrogens is 240 g/mol. The summed E-state index contributed by atoms with van der Waals surface area (Å²) in [7, 11) is 1.30. The maximum Gasteiger partial charge on any atom is 0.343 e. The number of nitrogens with one attached hydrogen (secondary N) is 1. The highest BCUT2D eigenvalue weighted by atomic mass is 32.1. The largest absolute Gasteiger partial charge is 0.465 e. The van der Waals surface area contributed by atoms with Crippen LogP contribution in [0.4, 0.5) is 10.7 Å². The van der Waals surface area contributed by atoms with Gasteiger partial charge in [-0.1, -0.05) is 0 Å². The van der Waals surface area contributed by atoms with Crippen LogP contribution in [-0.4, -0.2) is 24.9 Å². The molecule has 92 valence electrons. The highest BCUT2D eigenvalue weighted by molar-refractivity contribution is 7.19. The second-order valence-electron chi connectivity index (χ2n) is 4.02. The van der Waals surface area contributed by atoms with Gasteiger partial charge in [0.15, 0.2) is 5.78 Å².